The summed E-state index contributed by atoms with van der Waals surface area (Å²) < 4.78 is 16.3. The Balaban J connectivity index is 1.57. The Hall–Kier alpha value is -2.83. The lowest BCUT2D eigenvalue weighted by Gasteiger charge is -2.17. The van der Waals surface area contributed by atoms with Crippen molar-refractivity contribution in [3.05, 3.63) is 42.4 Å². The smallest absolute Gasteiger partial charge is 0.232 e. The minimum atomic E-state index is -0.0500. The topological polar surface area (TPSA) is 73.8 Å². The van der Waals surface area contributed by atoms with Crippen LogP contribution in [-0.4, -0.2) is 54.2 Å². The molecule has 1 aliphatic rings. The first-order valence-electron chi connectivity index (χ1n) is 8.11. The molecule has 1 fully saturated rings. The highest BCUT2D eigenvalue weighted by atomic mass is 16.5. The molecule has 2 heterocycles. The highest BCUT2D eigenvalue weighted by Gasteiger charge is 2.28. The monoisotopic (exact) mass is 343 g/mol. The summed E-state index contributed by atoms with van der Waals surface area (Å²) in [6.07, 6.45) is 5.82. The van der Waals surface area contributed by atoms with Crippen molar-refractivity contribution in [1.82, 2.24) is 14.9 Å². The average Bonchev–Trinajstić information content (AvgIpc) is 3.11. The Morgan fingerprint density at radius 2 is 2.08 bits per heavy atom. The Morgan fingerprint density at radius 3 is 2.80 bits per heavy atom. The van der Waals surface area contributed by atoms with Crippen molar-refractivity contribution in [3.63, 3.8) is 0 Å². The second kappa shape index (κ2) is 7.83. The third-order valence-electron chi connectivity index (χ3n) is 4.13. The first-order valence-corrected chi connectivity index (χ1v) is 8.11. The van der Waals surface area contributed by atoms with Gasteiger partial charge in [-0.15, -0.1) is 0 Å². The Bertz CT molecular complexity index is 724. The number of amides is 1. The van der Waals surface area contributed by atoms with Gasteiger partial charge in [-0.05, 0) is 17.7 Å². The largest absolute Gasteiger partial charge is 0.493 e. The van der Waals surface area contributed by atoms with Crippen molar-refractivity contribution in [3.8, 4) is 17.4 Å². The Kier molecular flexibility index (Phi) is 5.33. The molecule has 1 saturated heterocycles. The van der Waals surface area contributed by atoms with Gasteiger partial charge in [0, 0.05) is 25.4 Å². The summed E-state index contributed by atoms with van der Waals surface area (Å²) in [7, 11) is 3.17. The first kappa shape index (κ1) is 17.0. The maximum Gasteiger partial charge on any atom is 0.232 e. The lowest BCUT2D eigenvalue weighted by atomic mass is 10.1. The number of benzene rings is 1. The summed E-state index contributed by atoms with van der Waals surface area (Å²) in [4.78, 5) is 22.4. The summed E-state index contributed by atoms with van der Waals surface area (Å²) in [5.41, 5.74) is 0.890. The molecule has 0 spiro atoms. The first-order chi connectivity index (χ1) is 12.2. The molecule has 25 heavy (non-hydrogen) atoms. The van der Waals surface area contributed by atoms with E-state index in [4.69, 9.17) is 14.2 Å². The zero-order valence-corrected chi connectivity index (χ0v) is 14.3. The minimum absolute atomic E-state index is 0.0500. The van der Waals surface area contributed by atoms with Gasteiger partial charge in [-0.25, -0.2) is 4.98 Å². The molecule has 7 heteroatoms. The summed E-state index contributed by atoms with van der Waals surface area (Å²) in [6, 6.07) is 5.52. The molecule has 0 saturated carbocycles. The Morgan fingerprint density at radius 1 is 1.24 bits per heavy atom. The van der Waals surface area contributed by atoms with Crippen LogP contribution < -0.4 is 14.2 Å². The number of nitrogens with zero attached hydrogens (tertiary/aromatic N) is 3. The zero-order valence-electron chi connectivity index (χ0n) is 14.3. The number of likely N-dealkylation sites (tertiary alicyclic amines) is 1. The lowest BCUT2D eigenvalue weighted by molar-refractivity contribution is -0.129. The van der Waals surface area contributed by atoms with Gasteiger partial charge in [-0.1, -0.05) is 6.07 Å². The van der Waals surface area contributed by atoms with Gasteiger partial charge in [0.05, 0.1) is 33.4 Å². The molecule has 0 bridgehead atoms. The number of hydrogen-bond donors (Lipinski definition) is 0. The van der Waals surface area contributed by atoms with E-state index < -0.39 is 0 Å². The van der Waals surface area contributed by atoms with E-state index in [9.17, 15) is 4.79 Å². The summed E-state index contributed by atoms with van der Waals surface area (Å²) in [6.45, 7) is 1.24. The minimum Gasteiger partial charge on any atom is -0.493 e. The van der Waals surface area contributed by atoms with E-state index in [0.717, 1.165) is 12.0 Å². The third-order valence-corrected chi connectivity index (χ3v) is 4.13. The van der Waals surface area contributed by atoms with E-state index in [1.807, 2.05) is 23.1 Å². The summed E-state index contributed by atoms with van der Waals surface area (Å²) >= 11 is 0. The van der Waals surface area contributed by atoms with Crippen LogP contribution in [0.2, 0.25) is 0 Å². The number of rotatable bonds is 6. The molecular formula is C18H21N3O4. The van der Waals surface area contributed by atoms with Crippen LogP contribution >= 0.6 is 0 Å². The zero-order chi connectivity index (χ0) is 17.6. The van der Waals surface area contributed by atoms with Gasteiger partial charge in [0.15, 0.2) is 11.5 Å². The second-order valence-electron chi connectivity index (χ2n) is 5.78. The van der Waals surface area contributed by atoms with E-state index in [1.165, 1.54) is 0 Å². The van der Waals surface area contributed by atoms with Crippen molar-refractivity contribution < 1.29 is 19.0 Å². The maximum atomic E-state index is 12.5. The fraction of sp³-hybridized carbons (Fsp3) is 0.389. The second-order valence-corrected chi connectivity index (χ2v) is 5.78. The summed E-state index contributed by atoms with van der Waals surface area (Å²) in [5, 5.41) is 0. The average molecular weight is 343 g/mol. The van der Waals surface area contributed by atoms with Crippen LogP contribution in [0.3, 0.4) is 0 Å². The van der Waals surface area contributed by atoms with Crippen LogP contribution in [0.25, 0.3) is 0 Å². The van der Waals surface area contributed by atoms with E-state index in [2.05, 4.69) is 9.97 Å². The molecule has 1 aliphatic heterocycles. The van der Waals surface area contributed by atoms with Crippen LogP contribution in [0.5, 0.6) is 17.4 Å². The quantitative estimate of drug-likeness (QED) is 0.795. The molecule has 3 rings (SSSR count). The van der Waals surface area contributed by atoms with Crippen molar-refractivity contribution >= 4 is 5.91 Å². The Labute approximate surface area is 146 Å². The normalized spacial score (nSPS) is 16.6. The van der Waals surface area contributed by atoms with Gasteiger partial charge in [0.25, 0.3) is 0 Å². The molecule has 132 valence electrons. The number of methoxy groups -OCH3 is 2. The van der Waals surface area contributed by atoms with E-state index in [1.54, 1.807) is 32.8 Å². The van der Waals surface area contributed by atoms with Gasteiger partial charge in [-0.3, -0.25) is 9.78 Å². The van der Waals surface area contributed by atoms with Gasteiger partial charge in [0.2, 0.25) is 11.8 Å². The standard InChI is InChI=1S/C18H21N3O4/c1-23-15-4-3-13(9-16(15)24-2)10-18(22)21-8-5-14(12-21)25-17-11-19-6-7-20-17/h3-4,6-7,9,11,14H,5,8,10,12H2,1-2H3/t14-/m1/s1. The molecule has 1 atom stereocenters. The number of hydrogen-bond acceptors (Lipinski definition) is 6. The number of aromatic nitrogens is 2. The van der Waals surface area contributed by atoms with Gasteiger partial charge in [-0.2, -0.15) is 0 Å². The summed E-state index contributed by atoms with van der Waals surface area (Å²) in [5.74, 6) is 1.83. The highest BCUT2D eigenvalue weighted by molar-refractivity contribution is 5.79. The van der Waals surface area contributed by atoms with Gasteiger partial charge < -0.3 is 19.1 Å². The molecule has 0 unspecified atom stereocenters. The number of carbonyl (C=O) groups excluding carboxylic acids is 1. The molecule has 0 radical (unpaired) electrons. The number of carbonyl (C=O) groups is 1. The maximum absolute atomic E-state index is 12.5. The van der Waals surface area contributed by atoms with Crippen LogP contribution in [-0.2, 0) is 11.2 Å². The van der Waals surface area contributed by atoms with E-state index in [0.29, 0.717) is 36.9 Å². The molecule has 0 N–H and O–H groups in total. The molecule has 1 aromatic carbocycles. The van der Waals surface area contributed by atoms with Crippen molar-refractivity contribution in [2.45, 2.75) is 18.9 Å². The van der Waals surface area contributed by atoms with Gasteiger partial charge >= 0.3 is 0 Å². The number of ether oxygens (including phenoxy) is 3. The molecule has 0 aliphatic carbocycles. The van der Waals surface area contributed by atoms with Gasteiger partial charge in [0.1, 0.15) is 6.10 Å². The van der Waals surface area contributed by atoms with Crippen molar-refractivity contribution in [2.75, 3.05) is 27.3 Å². The molecule has 1 aromatic heterocycles. The molecule has 7 nitrogen and oxygen atoms in total. The van der Waals surface area contributed by atoms with Crippen molar-refractivity contribution in [1.29, 1.82) is 0 Å². The molecular weight excluding hydrogens is 322 g/mol. The molecule has 1 amide bonds. The van der Waals surface area contributed by atoms with Crippen LogP contribution in [0.1, 0.15) is 12.0 Å². The predicted octanol–water partition coefficient (Wildman–Crippen LogP) is 1.72. The SMILES string of the molecule is COc1ccc(CC(=O)N2CC[C@@H](Oc3cnccn3)C2)cc1OC. The van der Waals surface area contributed by atoms with Crippen LogP contribution in [0.4, 0.5) is 0 Å². The highest BCUT2D eigenvalue weighted by Crippen LogP contribution is 2.28. The lowest BCUT2D eigenvalue weighted by Crippen LogP contribution is -2.32. The van der Waals surface area contributed by atoms with E-state index in [-0.39, 0.29) is 12.0 Å². The van der Waals surface area contributed by atoms with E-state index >= 15 is 0 Å². The third kappa shape index (κ3) is 4.17. The molecule has 2 aromatic rings. The van der Waals surface area contributed by atoms with Crippen molar-refractivity contribution in [2.24, 2.45) is 0 Å². The predicted molar refractivity (Wildman–Crippen MR) is 90.9 cm³/mol. The fourth-order valence-electron chi connectivity index (χ4n) is 2.84. The van der Waals surface area contributed by atoms with Crippen LogP contribution in [0, 0.1) is 0 Å². The fourth-order valence-corrected chi connectivity index (χ4v) is 2.84. The van der Waals surface area contributed by atoms with Crippen LogP contribution in [0.15, 0.2) is 36.8 Å².